The van der Waals surface area contributed by atoms with Crippen molar-refractivity contribution in [1.82, 2.24) is 14.5 Å². The average Bonchev–Trinajstić information content (AvgIpc) is 2.84. The van der Waals surface area contributed by atoms with Crippen LogP contribution in [0, 0.1) is 6.92 Å². The maximum atomic E-state index is 6.04. The van der Waals surface area contributed by atoms with E-state index in [0.29, 0.717) is 5.28 Å². The quantitative estimate of drug-likeness (QED) is 0.623. The van der Waals surface area contributed by atoms with Gasteiger partial charge in [-0.05, 0) is 49.4 Å². The van der Waals surface area contributed by atoms with E-state index in [1.54, 1.807) is 0 Å². The lowest BCUT2D eigenvalue weighted by atomic mass is 10.0. The van der Waals surface area contributed by atoms with Gasteiger partial charge in [-0.2, -0.15) is 0 Å². The van der Waals surface area contributed by atoms with Crippen LogP contribution in [0.25, 0.3) is 22.2 Å². The number of fused-ring (bicyclic) bond motifs is 3. The zero-order chi connectivity index (χ0) is 14.4. The molecule has 0 spiro atoms. The number of nitrogens with zero attached hydrogens (tertiary/aromatic N) is 3. The Balaban J connectivity index is 2.10. The summed E-state index contributed by atoms with van der Waals surface area (Å²) in [5, 5.41) is 1.59. The molecule has 0 unspecified atom stereocenters. The number of aromatic nitrogens is 3. The summed E-state index contributed by atoms with van der Waals surface area (Å²) in [7, 11) is 0. The van der Waals surface area contributed by atoms with Crippen molar-refractivity contribution >= 4 is 22.5 Å². The van der Waals surface area contributed by atoms with Crippen LogP contribution in [-0.2, 0) is 13.0 Å². The monoisotopic (exact) mass is 297 g/mol. The smallest absolute Gasteiger partial charge is 0.222 e. The van der Waals surface area contributed by atoms with Gasteiger partial charge in [0.2, 0.25) is 5.28 Å². The van der Waals surface area contributed by atoms with Crippen LogP contribution in [0.2, 0.25) is 5.28 Å². The molecule has 4 heteroatoms. The second-order valence-corrected chi connectivity index (χ2v) is 5.96. The Morgan fingerprint density at radius 2 is 2.05 bits per heavy atom. The standard InChI is InChI=1S/C17H16ClN3/c1-11-10-19-17(18)20-16(11)15-12-6-2-3-7-13(12)21-9-5-4-8-14(15)21/h2-3,6-7,10H,4-5,8-9H2,1H3. The maximum absolute atomic E-state index is 6.04. The fraction of sp³-hybridized carbons (Fsp3) is 0.294. The van der Waals surface area contributed by atoms with E-state index in [4.69, 9.17) is 11.6 Å². The van der Waals surface area contributed by atoms with Crippen LogP contribution < -0.4 is 0 Å². The minimum absolute atomic E-state index is 0.315. The molecule has 1 aliphatic rings. The SMILES string of the molecule is Cc1cnc(Cl)nc1-c1c2n(c3ccccc13)CCCC2. The molecule has 0 fully saturated rings. The molecule has 0 atom stereocenters. The number of rotatable bonds is 1. The fourth-order valence-electron chi connectivity index (χ4n) is 3.37. The Hall–Kier alpha value is -1.87. The Morgan fingerprint density at radius 1 is 1.19 bits per heavy atom. The van der Waals surface area contributed by atoms with Crippen molar-refractivity contribution in [3.05, 3.63) is 47.0 Å². The summed E-state index contributed by atoms with van der Waals surface area (Å²) in [4.78, 5) is 8.60. The molecule has 3 nitrogen and oxygen atoms in total. The molecule has 1 aliphatic heterocycles. The molecule has 0 N–H and O–H groups in total. The highest BCUT2D eigenvalue weighted by atomic mass is 35.5. The molecule has 4 rings (SSSR count). The lowest BCUT2D eigenvalue weighted by Gasteiger charge is -2.17. The molecule has 0 saturated carbocycles. The van der Waals surface area contributed by atoms with Gasteiger partial charge < -0.3 is 4.57 Å². The first-order chi connectivity index (χ1) is 10.3. The summed E-state index contributed by atoms with van der Waals surface area (Å²) in [6.07, 6.45) is 5.40. The maximum Gasteiger partial charge on any atom is 0.222 e. The van der Waals surface area contributed by atoms with Gasteiger partial charge in [0.1, 0.15) is 0 Å². The van der Waals surface area contributed by atoms with Gasteiger partial charge >= 0.3 is 0 Å². The summed E-state index contributed by atoms with van der Waals surface area (Å²) in [6.45, 7) is 3.14. The van der Waals surface area contributed by atoms with Gasteiger partial charge in [0, 0.05) is 34.9 Å². The summed E-state index contributed by atoms with van der Waals surface area (Å²) < 4.78 is 2.45. The Kier molecular flexibility index (Phi) is 2.96. The van der Waals surface area contributed by atoms with E-state index in [9.17, 15) is 0 Å². The predicted molar refractivity (Wildman–Crippen MR) is 85.6 cm³/mol. The molecule has 0 saturated heterocycles. The Morgan fingerprint density at radius 3 is 2.95 bits per heavy atom. The van der Waals surface area contributed by atoms with Crippen molar-refractivity contribution in [2.75, 3.05) is 0 Å². The normalized spacial score (nSPS) is 14.4. The second kappa shape index (κ2) is 4.85. The number of benzene rings is 1. The highest BCUT2D eigenvalue weighted by molar-refractivity contribution is 6.28. The minimum Gasteiger partial charge on any atom is -0.344 e. The van der Waals surface area contributed by atoms with Crippen LogP contribution >= 0.6 is 11.6 Å². The average molecular weight is 298 g/mol. The summed E-state index contributed by atoms with van der Waals surface area (Å²) >= 11 is 6.04. The predicted octanol–water partition coefficient (Wildman–Crippen LogP) is 4.40. The zero-order valence-corrected chi connectivity index (χ0v) is 12.7. The highest BCUT2D eigenvalue weighted by Crippen LogP contribution is 2.38. The number of aryl methyl sites for hydroxylation is 2. The van der Waals surface area contributed by atoms with Gasteiger partial charge in [-0.1, -0.05) is 18.2 Å². The molecular formula is C17H16ClN3. The van der Waals surface area contributed by atoms with Gasteiger partial charge in [0.15, 0.2) is 0 Å². The van der Waals surface area contributed by atoms with E-state index in [1.165, 1.54) is 35.0 Å². The third-order valence-electron chi connectivity index (χ3n) is 4.30. The van der Waals surface area contributed by atoms with Crippen LogP contribution in [0.1, 0.15) is 24.1 Å². The zero-order valence-electron chi connectivity index (χ0n) is 11.9. The van der Waals surface area contributed by atoms with Gasteiger partial charge in [0.05, 0.1) is 5.69 Å². The second-order valence-electron chi connectivity index (χ2n) is 5.62. The van der Waals surface area contributed by atoms with E-state index in [-0.39, 0.29) is 0 Å². The van der Waals surface area contributed by atoms with Crippen LogP contribution in [0.3, 0.4) is 0 Å². The molecule has 106 valence electrons. The van der Waals surface area contributed by atoms with Crippen molar-refractivity contribution < 1.29 is 0 Å². The third kappa shape index (κ3) is 1.95. The van der Waals surface area contributed by atoms with Gasteiger partial charge in [-0.3, -0.25) is 0 Å². The van der Waals surface area contributed by atoms with Gasteiger partial charge in [0.25, 0.3) is 0 Å². The van der Waals surface area contributed by atoms with E-state index in [0.717, 1.165) is 24.2 Å². The molecule has 1 aromatic carbocycles. The first-order valence-electron chi connectivity index (χ1n) is 7.35. The number of hydrogen-bond donors (Lipinski definition) is 0. The molecule has 0 aliphatic carbocycles. The molecule has 0 amide bonds. The summed E-state index contributed by atoms with van der Waals surface area (Å²) in [5.41, 5.74) is 5.98. The number of para-hydroxylation sites is 1. The number of hydrogen-bond acceptors (Lipinski definition) is 2. The van der Waals surface area contributed by atoms with Crippen LogP contribution in [0.5, 0.6) is 0 Å². The summed E-state index contributed by atoms with van der Waals surface area (Å²) in [5.74, 6) is 0. The van der Waals surface area contributed by atoms with E-state index >= 15 is 0 Å². The van der Waals surface area contributed by atoms with Crippen molar-refractivity contribution in [2.45, 2.75) is 32.7 Å². The molecule has 3 aromatic rings. The van der Waals surface area contributed by atoms with Crippen molar-refractivity contribution in [1.29, 1.82) is 0 Å². The van der Waals surface area contributed by atoms with E-state index < -0.39 is 0 Å². The van der Waals surface area contributed by atoms with Crippen molar-refractivity contribution in [2.24, 2.45) is 0 Å². The lowest BCUT2D eigenvalue weighted by Crippen LogP contribution is -2.10. The van der Waals surface area contributed by atoms with Crippen LogP contribution in [-0.4, -0.2) is 14.5 Å². The topological polar surface area (TPSA) is 30.7 Å². The first-order valence-corrected chi connectivity index (χ1v) is 7.73. The molecule has 0 bridgehead atoms. The van der Waals surface area contributed by atoms with E-state index in [2.05, 4.69) is 38.8 Å². The van der Waals surface area contributed by atoms with Crippen LogP contribution in [0.15, 0.2) is 30.5 Å². The van der Waals surface area contributed by atoms with Gasteiger partial charge in [-0.15, -0.1) is 0 Å². The van der Waals surface area contributed by atoms with E-state index in [1.807, 2.05) is 13.1 Å². The lowest BCUT2D eigenvalue weighted by molar-refractivity contribution is 0.546. The number of halogens is 1. The first kappa shape index (κ1) is 12.8. The third-order valence-corrected chi connectivity index (χ3v) is 4.49. The Labute approximate surface area is 128 Å². The highest BCUT2D eigenvalue weighted by Gasteiger charge is 2.22. The minimum atomic E-state index is 0.315. The molecule has 0 radical (unpaired) electrons. The molecular weight excluding hydrogens is 282 g/mol. The fourth-order valence-corrected chi connectivity index (χ4v) is 3.51. The van der Waals surface area contributed by atoms with Crippen molar-refractivity contribution in [3.8, 4) is 11.3 Å². The molecule has 2 aromatic heterocycles. The van der Waals surface area contributed by atoms with Crippen LogP contribution in [0.4, 0.5) is 0 Å². The summed E-state index contributed by atoms with van der Waals surface area (Å²) in [6, 6.07) is 8.58. The molecule has 21 heavy (non-hydrogen) atoms. The Bertz CT molecular complexity index is 835. The largest absolute Gasteiger partial charge is 0.344 e. The molecule has 3 heterocycles. The van der Waals surface area contributed by atoms with Crippen molar-refractivity contribution in [3.63, 3.8) is 0 Å². The van der Waals surface area contributed by atoms with Gasteiger partial charge in [-0.25, -0.2) is 9.97 Å².